The molecule has 0 bridgehead atoms. The lowest BCUT2D eigenvalue weighted by atomic mass is 10.0. The first-order valence-electron chi connectivity index (χ1n) is 3.97. The number of rotatable bonds is 5. The minimum Gasteiger partial charge on any atom is -0.370 e. The monoisotopic (exact) mass is 206 g/mol. The summed E-state index contributed by atoms with van der Waals surface area (Å²) >= 11 is 3.41. The molecule has 0 saturated carbocycles. The summed E-state index contributed by atoms with van der Waals surface area (Å²) in [5, 5.41) is 1.14. The van der Waals surface area contributed by atoms with Crippen molar-refractivity contribution in [3.63, 3.8) is 0 Å². The van der Waals surface area contributed by atoms with Crippen molar-refractivity contribution in [2.24, 2.45) is 0 Å². The Hall–Kier alpha value is 0.440. The molecule has 1 heterocycles. The van der Waals surface area contributed by atoms with Crippen LogP contribution in [0.3, 0.4) is 0 Å². The van der Waals surface area contributed by atoms with E-state index in [1.54, 1.807) is 0 Å². The second-order valence-corrected chi connectivity index (χ2v) is 4.03. The van der Waals surface area contributed by atoms with E-state index < -0.39 is 0 Å². The van der Waals surface area contributed by atoms with Crippen LogP contribution in [0.2, 0.25) is 0 Å². The van der Waals surface area contributed by atoms with Crippen LogP contribution >= 0.6 is 15.9 Å². The molecule has 1 aliphatic heterocycles. The van der Waals surface area contributed by atoms with E-state index in [9.17, 15) is 0 Å². The van der Waals surface area contributed by atoms with Crippen molar-refractivity contribution in [3.05, 3.63) is 0 Å². The first-order valence-corrected chi connectivity index (χ1v) is 5.09. The Morgan fingerprint density at radius 3 is 2.60 bits per heavy atom. The Kier molecular flexibility index (Phi) is 3.18. The molecule has 1 nitrogen and oxygen atoms in total. The number of alkyl halides is 1. The van der Waals surface area contributed by atoms with Crippen LogP contribution < -0.4 is 0 Å². The molecule has 1 atom stereocenters. The fourth-order valence-electron chi connectivity index (χ4n) is 1.04. The molecule has 2 heteroatoms. The molecule has 0 N–H and O–H groups in total. The van der Waals surface area contributed by atoms with Gasteiger partial charge in [0.1, 0.15) is 0 Å². The molecular weight excluding hydrogens is 192 g/mol. The molecule has 0 unspecified atom stereocenters. The van der Waals surface area contributed by atoms with E-state index in [0.29, 0.717) is 0 Å². The van der Waals surface area contributed by atoms with Gasteiger partial charge in [-0.1, -0.05) is 28.8 Å². The molecule has 1 aliphatic rings. The van der Waals surface area contributed by atoms with Gasteiger partial charge in [-0.2, -0.15) is 0 Å². The van der Waals surface area contributed by atoms with Crippen LogP contribution in [0.1, 0.15) is 32.6 Å². The van der Waals surface area contributed by atoms with Gasteiger partial charge in [0, 0.05) is 5.33 Å². The van der Waals surface area contributed by atoms with Crippen LogP contribution in [0, 0.1) is 0 Å². The standard InChI is InChI=1S/C8H15BrO/c1-8(7-10-8)5-3-2-4-6-9/h2-7H2,1H3/t8-/m0/s1. The summed E-state index contributed by atoms with van der Waals surface area (Å²) in [7, 11) is 0. The summed E-state index contributed by atoms with van der Waals surface area (Å²) < 4.78 is 5.26. The summed E-state index contributed by atoms with van der Waals surface area (Å²) in [4.78, 5) is 0. The van der Waals surface area contributed by atoms with Crippen molar-refractivity contribution in [1.82, 2.24) is 0 Å². The van der Waals surface area contributed by atoms with Crippen molar-refractivity contribution >= 4 is 15.9 Å². The third-order valence-electron chi connectivity index (χ3n) is 1.98. The zero-order chi connectivity index (χ0) is 7.45. The summed E-state index contributed by atoms with van der Waals surface area (Å²) in [6, 6.07) is 0. The number of hydrogen-bond donors (Lipinski definition) is 0. The fraction of sp³-hybridized carbons (Fsp3) is 1.00. The number of unbranched alkanes of at least 4 members (excludes halogenated alkanes) is 2. The second kappa shape index (κ2) is 3.72. The van der Waals surface area contributed by atoms with Crippen LogP contribution in [0.25, 0.3) is 0 Å². The maximum atomic E-state index is 5.26. The smallest absolute Gasteiger partial charge is 0.0888 e. The summed E-state index contributed by atoms with van der Waals surface area (Å²) in [5.74, 6) is 0. The molecule has 1 saturated heterocycles. The highest BCUT2D eigenvalue weighted by molar-refractivity contribution is 9.09. The van der Waals surface area contributed by atoms with Gasteiger partial charge in [-0.3, -0.25) is 0 Å². The lowest BCUT2D eigenvalue weighted by molar-refractivity contribution is 0.302. The van der Waals surface area contributed by atoms with Gasteiger partial charge < -0.3 is 4.74 Å². The minimum absolute atomic E-state index is 0.284. The topological polar surface area (TPSA) is 12.5 Å². The molecule has 0 radical (unpaired) electrons. The molecule has 1 rings (SSSR count). The second-order valence-electron chi connectivity index (χ2n) is 3.24. The van der Waals surface area contributed by atoms with E-state index >= 15 is 0 Å². The van der Waals surface area contributed by atoms with Gasteiger partial charge >= 0.3 is 0 Å². The van der Waals surface area contributed by atoms with Crippen LogP contribution in [-0.4, -0.2) is 17.5 Å². The molecular formula is C8H15BrO. The Morgan fingerprint density at radius 2 is 2.10 bits per heavy atom. The Bertz CT molecular complexity index is 99.4. The summed E-state index contributed by atoms with van der Waals surface area (Å²) in [6.45, 7) is 3.18. The third kappa shape index (κ3) is 3.02. The normalized spacial score (nSPS) is 30.6. The van der Waals surface area contributed by atoms with Crippen molar-refractivity contribution in [1.29, 1.82) is 0 Å². The van der Waals surface area contributed by atoms with Crippen LogP contribution in [0.4, 0.5) is 0 Å². The van der Waals surface area contributed by atoms with Crippen LogP contribution in [0.5, 0.6) is 0 Å². The number of hydrogen-bond acceptors (Lipinski definition) is 1. The maximum Gasteiger partial charge on any atom is 0.0888 e. The SMILES string of the molecule is C[C@]1(CCCCCBr)CO1. The molecule has 0 amide bonds. The van der Waals surface area contributed by atoms with E-state index in [0.717, 1.165) is 11.9 Å². The Labute approximate surface area is 71.3 Å². The molecule has 1 fully saturated rings. The zero-order valence-corrected chi connectivity index (χ0v) is 8.11. The lowest BCUT2D eigenvalue weighted by Gasteiger charge is -2.02. The lowest BCUT2D eigenvalue weighted by Crippen LogP contribution is -2.02. The van der Waals surface area contributed by atoms with Gasteiger partial charge in [-0.05, 0) is 19.8 Å². The number of ether oxygens (including phenoxy) is 1. The van der Waals surface area contributed by atoms with Gasteiger partial charge in [0.2, 0.25) is 0 Å². The van der Waals surface area contributed by atoms with Gasteiger partial charge in [0.15, 0.2) is 0 Å². The molecule has 0 aromatic heterocycles. The number of epoxide rings is 1. The van der Waals surface area contributed by atoms with E-state index in [1.165, 1.54) is 25.7 Å². The van der Waals surface area contributed by atoms with E-state index in [4.69, 9.17) is 4.74 Å². The molecule has 10 heavy (non-hydrogen) atoms. The van der Waals surface area contributed by atoms with Crippen molar-refractivity contribution in [3.8, 4) is 0 Å². The molecule has 0 aliphatic carbocycles. The molecule has 0 aromatic carbocycles. The third-order valence-corrected chi connectivity index (χ3v) is 2.54. The fourth-order valence-corrected chi connectivity index (χ4v) is 1.43. The Morgan fingerprint density at radius 1 is 1.40 bits per heavy atom. The quantitative estimate of drug-likeness (QED) is 0.383. The average Bonchev–Trinajstić information content (AvgIpc) is 2.62. The van der Waals surface area contributed by atoms with Crippen molar-refractivity contribution in [2.75, 3.05) is 11.9 Å². The highest BCUT2D eigenvalue weighted by Crippen LogP contribution is 2.31. The van der Waals surface area contributed by atoms with Crippen LogP contribution in [-0.2, 0) is 4.74 Å². The first-order chi connectivity index (χ1) is 4.77. The van der Waals surface area contributed by atoms with E-state index in [2.05, 4.69) is 22.9 Å². The first kappa shape index (κ1) is 8.54. The highest BCUT2D eigenvalue weighted by atomic mass is 79.9. The highest BCUT2D eigenvalue weighted by Gasteiger charge is 2.37. The summed E-state index contributed by atoms with van der Waals surface area (Å²) in [6.07, 6.45) is 5.21. The minimum atomic E-state index is 0.284. The zero-order valence-electron chi connectivity index (χ0n) is 6.53. The molecule has 0 spiro atoms. The summed E-state index contributed by atoms with van der Waals surface area (Å²) in [5.41, 5.74) is 0.284. The molecule has 0 aromatic rings. The van der Waals surface area contributed by atoms with E-state index in [-0.39, 0.29) is 5.60 Å². The van der Waals surface area contributed by atoms with Crippen molar-refractivity contribution in [2.45, 2.75) is 38.2 Å². The predicted molar refractivity (Wildman–Crippen MR) is 46.6 cm³/mol. The average molecular weight is 207 g/mol. The van der Waals surface area contributed by atoms with Crippen LogP contribution in [0.15, 0.2) is 0 Å². The van der Waals surface area contributed by atoms with Gasteiger partial charge in [0.05, 0.1) is 12.2 Å². The molecule has 60 valence electrons. The Balaban J connectivity index is 1.86. The van der Waals surface area contributed by atoms with Gasteiger partial charge in [-0.25, -0.2) is 0 Å². The number of halogens is 1. The van der Waals surface area contributed by atoms with E-state index in [1.807, 2.05) is 0 Å². The predicted octanol–water partition coefficient (Wildman–Crippen LogP) is 2.73. The van der Waals surface area contributed by atoms with Gasteiger partial charge in [0.25, 0.3) is 0 Å². The van der Waals surface area contributed by atoms with Crippen molar-refractivity contribution < 1.29 is 4.74 Å². The van der Waals surface area contributed by atoms with Gasteiger partial charge in [-0.15, -0.1) is 0 Å². The largest absolute Gasteiger partial charge is 0.370 e. The maximum absolute atomic E-state index is 5.26.